The zero-order chi connectivity index (χ0) is 10.1. The van der Waals surface area contributed by atoms with Gasteiger partial charge in [-0.15, -0.1) is 0 Å². The van der Waals surface area contributed by atoms with Crippen LogP contribution in [0.15, 0.2) is 24.3 Å². The van der Waals surface area contributed by atoms with Crippen LogP contribution in [0.4, 0.5) is 0 Å². The highest BCUT2D eigenvalue weighted by Gasteiger charge is 2.09. The highest BCUT2D eigenvalue weighted by molar-refractivity contribution is 14.1. The van der Waals surface area contributed by atoms with Crippen molar-refractivity contribution in [3.8, 4) is 0 Å². The van der Waals surface area contributed by atoms with Crippen LogP contribution in [0.2, 0.25) is 0 Å². The summed E-state index contributed by atoms with van der Waals surface area (Å²) < 4.78 is 0.394. The van der Waals surface area contributed by atoms with Crippen molar-refractivity contribution in [1.29, 1.82) is 0 Å². The number of hydrogen-bond acceptors (Lipinski definition) is 2. The maximum absolute atomic E-state index is 4.25. The number of aromatic nitrogens is 2. The molecule has 72 valence electrons. The molecular formula is C11H11IN2. The molecule has 1 aromatic carbocycles. The Kier molecular flexibility index (Phi) is 2.67. The Morgan fingerprint density at radius 2 is 1.79 bits per heavy atom. The second-order valence-corrected chi connectivity index (χ2v) is 5.20. The lowest BCUT2D eigenvalue weighted by Crippen LogP contribution is -1.97. The number of aryl methyl sites for hydroxylation is 1. The van der Waals surface area contributed by atoms with Crippen LogP contribution < -0.4 is 0 Å². The van der Waals surface area contributed by atoms with Crippen molar-refractivity contribution in [2.45, 2.75) is 17.8 Å². The topological polar surface area (TPSA) is 25.8 Å². The first kappa shape index (κ1) is 9.83. The molecule has 0 aliphatic rings. The van der Waals surface area contributed by atoms with Gasteiger partial charge in [0.1, 0.15) is 0 Å². The molecule has 2 rings (SSSR count). The van der Waals surface area contributed by atoms with E-state index in [0.29, 0.717) is 3.92 Å². The van der Waals surface area contributed by atoms with Crippen molar-refractivity contribution in [2.75, 3.05) is 0 Å². The molecule has 1 aromatic heterocycles. The molecule has 0 saturated heterocycles. The predicted octanol–water partition coefficient (Wildman–Crippen LogP) is 3.43. The second-order valence-electron chi connectivity index (χ2n) is 3.33. The normalized spacial score (nSPS) is 13.1. The molecule has 0 bridgehead atoms. The fourth-order valence-corrected chi connectivity index (χ4v) is 2.01. The standard InChI is InChI=1S/C11H11IN2/c1-7(12)11-10-6-4-3-5-9(10)8(2)13-14-11/h3-7H,1-2H3. The van der Waals surface area contributed by atoms with Crippen molar-refractivity contribution in [2.24, 2.45) is 0 Å². The molecule has 0 amide bonds. The number of rotatable bonds is 1. The SMILES string of the molecule is Cc1nnc(C(C)I)c2ccccc12. The monoisotopic (exact) mass is 298 g/mol. The Balaban J connectivity index is 2.82. The summed E-state index contributed by atoms with van der Waals surface area (Å²) in [7, 11) is 0. The van der Waals surface area contributed by atoms with Crippen LogP contribution in [-0.2, 0) is 0 Å². The maximum atomic E-state index is 4.25. The molecule has 3 heteroatoms. The maximum Gasteiger partial charge on any atom is 0.0834 e. The molecule has 0 spiro atoms. The smallest absolute Gasteiger partial charge is 0.0834 e. The first-order chi connectivity index (χ1) is 6.70. The van der Waals surface area contributed by atoms with E-state index >= 15 is 0 Å². The van der Waals surface area contributed by atoms with Crippen LogP contribution in [0.3, 0.4) is 0 Å². The van der Waals surface area contributed by atoms with E-state index in [1.165, 1.54) is 10.8 Å². The Morgan fingerprint density at radius 1 is 1.14 bits per heavy atom. The van der Waals surface area contributed by atoms with Crippen LogP contribution in [0, 0.1) is 6.92 Å². The van der Waals surface area contributed by atoms with Crippen LogP contribution in [0.25, 0.3) is 10.8 Å². The summed E-state index contributed by atoms with van der Waals surface area (Å²) in [6, 6.07) is 8.30. The fraction of sp³-hybridized carbons (Fsp3) is 0.273. The molecule has 0 saturated carbocycles. The lowest BCUT2D eigenvalue weighted by molar-refractivity contribution is 0.918. The van der Waals surface area contributed by atoms with Gasteiger partial charge in [-0.25, -0.2) is 0 Å². The summed E-state index contributed by atoms with van der Waals surface area (Å²) in [4.78, 5) is 0. The van der Waals surface area contributed by atoms with Gasteiger partial charge in [-0.1, -0.05) is 46.9 Å². The van der Waals surface area contributed by atoms with Crippen LogP contribution in [0.1, 0.15) is 22.2 Å². The lowest BCUT2D eigenvalue weighted by atomic mass is 10.1. The minimum atomic E-state index is 0.394. The van der Waals surface area contributed by atoms with Gasteiger partial charge in [0.25, 0.3) is 0 Å². The molecule has 0 N–H and O–H groups in total. The average Bonchev–Trinajstić information content (AvgIpc) is 2.18. The van der Waals surface area contributed by atoms with Gasteiger partial charge < -0.3 is 0 Å². The summed E-state index contributed by atoms with van der Waals surface area (Å²) in [6.07, 6.45) is 0. The van der Waals surface area contributed by atoms with Crippen LogP contribution in [-0.4, -0.2) is 10.2 Å². The predicted molar refractivity (Wildman–Crippen MR) is 66.7 cm³/mol. The Labute approximate surface area is 96.9 Å². The van der Waals surface area contributed by atoms with E-state index in [9.17, 15) is 0 Å². The van der Waals surface area contributed by atoms with Gasteiger partial charge in [0.05, 0.1) is 15.3 Å². The third-order valence-electron chi connectivity index (χ3n) is 2.28. The Hall–Kier alpha value is -0.710. The molecule has 1 unspecified atom stereocenters. The molecule has 0 aliphatic carbocycles. The molecule has 1 heterocycles. The van der Waals surface area contributed by atoms with Gasteiger partial charge >= 0.3 is 0 Å². The minimum Gasteiger partial charge on any atom is -0.155 e. The molecule has 2 nitrogen and oxygen atoms in total. The van der Waals surface area contributed by atoms with Gasteiger partial charge in [-0.05, 0) is 13.8 Å². The average molecular weight is 298 g/mol. The van der Waals surface area contributed by atoms with Gasteiger partial charge in [-0.2, -0.15) is 10.2 Å². The number of halogens is 1. The first-order valence-electron chi connectivity index (χ1n) is 4.56. The van der Waals surface area contributed by atoms with Gasteiger partial charge in [0.15, 0.2) is 0 Å². The number of alkyl halides is 1. The third kappa shape index (κ3) is 1.61. The van der Waals surface area contributed by atoms with Crippen molar-refractivity contribution in [1.82, 2.24) is 10.2 Å². The largest absolute Gasteiger partial charge is 0.155 e. The minimum absolute atomic E-state index is 0.394. The number of benzene rings is 1. The van der Waals surface area contributed by atoms with E-state index in [-0.39, 0.29) is 0 Å². The molecular weight excluding hydrogens is 287 g/mol. The molecule has 2 aromatic rings. The number of hydrogen-bond donors (Lipinski definition) is 0. The lowest BCUT2D eigenvalue weighted by Gasteiger charge is -2.07. The molecule has 0 radical (unpaired) electrons. The Morgan fingerprint density at radius 3 is 2.43 bits per heavy atom. The summed E-state index contributed by atoms with van der Waals surface area (Å²) >= 11 is 2.37. The Bertz CT molecular complexity index is 466. The van der Waals surface area contributed by atoms with Crippen LogP contribution >= 0.6 is 22.6 Å². The zero-order valence-corrected chi connectivity index (χ0v) is 10.3. The van der Waals surface area contributed by atoms with Crippen LogP contribution in [0.5, 0.6) is 0 Å². The van der Waals surface area contributed by atoms with Gasteiger partial charge in [0.2, 0.25) is 0 Å². The van der Waals surface area contributed by atoms with Crippen molar-refractivity contribution < 1.29 is 0 Å². The fourth-order valence-electron chi connectivity index (χ4n) is 1.55. The van der Waals surface area contributed by atoms with Gasteiger partial charge in [0, 0.05) is 10.8 Å². The van der Waals surface area contributed by atoms with E-state index in [0.717, 1.165) is 11.4 Å². The first-order valence-corrected chi connectivity index (χ1v) is 5.80. The molecule has 0 fully saturated rings. The van der Waals surface area contributed by atoms with E-state index in [2.05, 4.69) is 51.8 Å². The number of fused-ring (bicyclic) bond motifs is 1. The van der Waals surface area contributed by atoms with E-state index in [4.69, 9.17) is 0 Å². The number of nitrogens with zero attached hydrogens (tertiary/aromatic N) is 2. The van der Waals surface area contributed by atoms with Crippen molar-refractivity contribution >= 4 is 33.4 Å². The molecule has 14 heavy (non-hydrogen) atoms. The van der Waals surface area contributed by atoms with E-state index in [1.807, 2.05) is 19.1 Å². The molecule has 0 aliphatic heterocycles. The van der Waals surface area contributed by atoms with Gasteiger partial charge in [-0.3, -0.25) is 0 Å². The second kappa shape index (κ2) is 3.81. The highest BCUT2D eigenvalue weighted by atomic mass is 127. The van der Waals surface area contributed by atoms with E-state index in [1.54, 1.807) is 0 Å². The highest BCUT2D eigenvalue weighted by Crippen LogP contribution is 2.28. The summed E-state index contributed by atoms with van der Waals surface area (Å²) in [5.41, 5.74) is 2.08. The summed E-state index contributed by atoms with van der Waals surface area (Å²) in [5, 5.41) is 10.9. The summed E-state index contributed by atoms with van der Waals surface area (Å²) in [6.45, 7) is 4.13. The molecule has 1 atom stereocenters. The zero-order valence-electron chi connectivity index (χ0n) is 8.16. The van der Waals surface area contributed by atoms with E-state index < -0.39 is 0 Å². The van der Waals surface area contributed by atoms with Crippen molar-refractivity contribution in [3.63, 3.8) is 0 Å². The summed E-state index contributed by atoms with van der Waals surface area (Å²) in [5.74, 6) is 0. The third-order valence-corrected chi connectivity index (χ3v) is 2.87. The van der Waals surface area contributed by atoms with Crippen molar-refractivity contribution in [3.05, 3.63) is 35.7 Å². The quantitative estimate of drug-likeness (QED) is 0.595.